The standard InChI is InChI=1S/C25H30ClN3O3.2C2H6/c1-2-3-4-8-21-16-28(15-17-6-5-7-19(13-17)25(31)32)24(30)23-14-22(27-29(21)23)18-9-11-20(26)12-10-18;2*1-2/h5-7,9-14,21-22,24,27,30H,2-4,8,15-16H2,1H3,(H,31,32);2*1-2H3. The topological polar surface area (TPSA) is 76.0 Å². The molecular formula is C29H42ClN3O3. The summed E-state index contributed by atoms with van der Waals surface area (Å²) in [5.41, 5.74) is 6.67. The van der Waals surface area contributed by atoms with Crippen LogP contribution < -0.4 is 5.43 Å². The maximum Gasteiger partial charge on any atom is 0.335 e. The van der Waals surface area contributed by atoms with Crippen molar-refractivity contribution < 1.29 is 15.0 Å². The van der Waals surface area contributed by atoms with E-state index in [4.69, 9.17) is 11.6 Å². The fourth-order valence-corrected chi connectivity index (χ4v) is 4.68. The van der Waals surface area contributed by atoms with Gasteiger partial charge in [0.05, 0.1) is 23.3 Å². The van der Waals surface area contributed by atoms with Crippen molar-refractivity contribution in [2.75, 3.05) is 6.54 Å². The van der Waals surface area contributed by atoms with E-state index in [0.717, 1.165) is 36.1 Å². The summed E-state index contributed by atoms with van der Waals surface area (Å²) >= 11 is 6.05. The first-order chi connectivity index (χ1) is 17.5. The summed E-state index contributed by atoms with van der Waals surface area (Å²) in [6.45, 7) is 11.4. The average Bonchev–Trinajstić information content (AvgIpc) is 3.36. The highest BCUT2D eigenvalue weighted by Crippen LogP contribution is 2.35. The molecule has 0 amide bonds. The second kappa shape index (κ2) is 15.0. The van der Waals surface area contributed by atoms with Crippen LogP contribution in [0.25, 0.3) is 0 Å². The number of carbonyl (C=O) groups is 1. The summed E-state index contributed by atoms with van der Waals surface area (Å²) in [6, 6.07) is 14.9. The van der Waals surface area contributed by atoms with E-state index in [0.29, 0.717) is 18.1 Å². The molecule has 0 radical (unpaired) electrons. The zero-order valence-electron chi connectivity index (χ0n) is 22.2. The van der Waals surface area contributed by atoms with Crippen molar-refractivity contribution in [2.24, 2.45) is 0 Å². The van der Waals surface area contributed by atoms with E-state index in [-0.39, 0.29) is 17.6 Å². The van der Waals surface area contributed by atoms with E-state index in [1.54, 1.807) is 18.2 Å². The third-order valence-corrected chi connectivity index (χ3v) is 6.50. The highest BCUT2D eigenvalue weighted by atomic mass is 35.5. The molecule has 3 unspecified atom stereocenters. The second-order valence-electron chi connectivity index (χ2n) is 8.58. The van der Waals surface area contributed by atoms with Crippen molar-refractivity contribution in [2.45, 2.75) is 85.2 Å². The number of aliphatic hydroxyl groups is 1. The van der Waals surface area contributed by atoms with Gasteiger partial charge in [-0.3, -0.25) is 4.90 Å². The van der Waals surface area contributed by atoms with Gasteiger partial charge in [0.15, 0.2) is 0 Å². The minimum absolute atomic E-state index is 0.0270. The van der Waals surface area contributed by atoms with Gasteiger partial charge in [0, 0.05) is 18.1 Å². The maximum atomic E-state index is 11.4. The summed E-state index contributed by atoms with van der Waals surface area (Å²) in [5, 5.41) is 23.4. The molecule has 2 aromatic rings. The molecule has 36 heavy (non-hydrogen) atoms. The molecule has 7 heteroatoms. The quantitative estimate of drug-likeness (QED) is 0.343. The van der Waals surface area contributed by atoms with Crippen LogP contribution in [0, 0.1) is 0 Å². The average molecular weight is 516 g/mol. The Labute approximate surface area is 221 Å². The Kier molecular flexibility index (Phi) is 12.4. The number of carboxylic acids is 1. The van der Waals surface area contributed by atoms with Crippen LogP contribution in [-0.4, -0.2) is 44.9 Å². The second-order valence-corrected chi connectivity index (χ2v) is 9.01. The molecule has 3 atom stereocenters. The van der Waals surface area contributed by atoms with Crippen LogP contribution in [-0.2, 0) is 6.54 Å². The Morgan fingerprint density at radius 1 is 1.08 bits per heavy atom. The Morgan fingerprint density at radius 3 is 2.42 bits per heavy atom. The van der Waals surface area contributed by atoms with Crippen molar-refractivity contribution in [3.63, 3.8) is 0 Å². The van der Waals surface area contributed by atoms with E-state index in [2.05, 4.69) is 23.4 Å². The molecule has 0 saturated carbocycles. The first kappa shape index (κ1) is 29.8. The maximum absolute atomic E-state index is 11.4. The molecule has 2 aliphatic rings. The Bertz CT molecular complexity index is 980. The normalized spacial score (nSPS) is 20.9. The summed E-state index contributed by atoms with van der Waals surface area (Å²) in [5.74, 6) is -0.942. The Balaban J connectivity index is 0.00000109. The summed E-state index contributed by atoms with van der Waals surface area (Å²) < 4.78 is 0. The predicted octanol–water partition coefficient (Wildman–Crippen LogP) is 6.62. The highest BCUT2D eigenvalue weighted by Gasteiger charge is 2.40. The van der Waals surface area contributed by atoms with E-state index < -0.39 is 12.2 Å². The van der Waals surface area contributed by atoms with Gasteiger partial charge in [0.25, 0.3) is 0 Å². The zero-order valence-corrected chi connectivity index (χ0v) is 23.0. The summed E-state index contributed by atoms with van der Waals surface area (Å²) in [4.78, 5) is 13.4. The molecule has 2 aromatic carbocycles. The fraction of sp³-hybridized carbons (Fsp3) is 0.483. The monoisotopic (exact) mass is 515 g/mol. The lowest BCUT2D eigenvalue weighted by molar-refractivity contribution is -0.0587. The number of nitrogens with zero attached hydrogens (tertiary/aromatic N) is 2. The fourth-order valence-electron chi connectivity index (χ4n) is 4.56. The van der Waals surface area contributed by atoms with Gasteiger partial charge in [-0.25, -0.2) is 10.2 Å². The third-order valence-electron chi connectivity index (χ3n) is 6.24. The number of hydrogen-bond donors (Lipinski definition) is 3. The minimum atomic E-state index is -0.942. The van der Waals surface area contributed by atoms with Crippen LogP contribution in [0.3, 0.4) is 0 Å². The van der Waals surface area contributed by atoms with Crippen LogP contribution >= 0.6 is 11.6 Å². The smallest absolute Gasteiger partial charge is 0.335 e. The number of hydrogen-bond acceptors (Lipinski definition) is 5. The predicted molar refractivity (Wildman–Crippen MR) is 148 cm³/mol. The molecule has 3 N–H and O–H groups in total. The van der Waals surface area contributed by atoms with Gasteiger partial charge < -0.3 is 15.2 Å². The molecule has 0 bridgehead atoms. The number of hydrazine groups is 1. The minimum Gasteiger partial charge on any atom is -0.478 e. The Hall–Kier alpha value is -2.38. The largest absolute Gasteiger partial charge is 0.478 e. The van der Waals surface area contributed by atoms with Crippen molar-refractivity contribution in [3.8, 4) is 0 Å². The third kappa shape index (κ3) is 7.56. The molecule has 2 heterocycles. The number of fused-ring (bicyclic) bond motifs is 1. The van der Waals surface area contributed by atoms with Gasteiger partial charge >= 0.3 is 5.97 Å². The molecule has 1 saturated heterocycles. The Morgan fingerprint density at radius 2 is 1.78 bits per heavy atom. The first-order valence-electron chi connectivity index (χ1n) is 13.2. The summed E-state index contributed by atoms with van der Waals surface area (Å²) in [6.07, 6.45) is 5.79. The van der Waals surface area contributed by atoms with E-state index in [1.165, 1.54) is 6.42 Å². The van der Waals surface area contributed by atoms with Gasteiger partial charge in [-0.1, -0.05) is 89.7 Å². The molecule has 1 fully saturated rings. The van der Waals surface area contributed by atoms with Crippen LogP contribution in [0.15, 0.2) is 60.3 Å². The zero-order chi connectivity index (χ0) is 26.7. The number of unbranched alkanes of at least 4 members (excludes halogenated alkanes) is 2. The number of nitrogens with one attached hydrogen (secondary N) is 1. The van der Waals surface area contributed by atoms with Gasteiger partial charge in [0.2, 0.25) is 0 Å². The lowest BCUT2D eigenvalue weighted by Crippen LogP contribution is -2.58. The molecular weight excluding hydrogens is 474 g/mol. The number of rotatable bonds is 8. The van der Waals surface area contributed by atoms with E-state index >= 15 is 0 Å². The van der Waals surface area contributed by atoms with Crippen molar-refractivity contribution in [3.05, 3.63) is 82.0 Å². The van der Waals surface area contributed by atoms with Crippen LogP contribution in [0.2, 0.25) is 5.02 Å². The number of aliphatic hydroxyl groups excluding tert-OH is 1. The van der Waals surface area contributed by atoms with Crippen molar-refractivity contribution in [1.29, 1.82) is 0 Å². The van der Waals surface area contributed by atoms with Crippen LogP contribution in [0.5, 0.6) is 0 Å². The molecule has 0 spiro atoms. The molecule has 6 nitrogen and oxygen atoms in total. The summed E-state index contributed by atoms with van der Waals surface area (Å²) in [7, 11) is 0. The molecule has 198 valence electrons. The van der Waals surface area contributed by atoms with Crippen LogP contribution in [0.1, 0.15) is 87.8 Å². The lowest BCUT2D eigenvalue weighted by atomic mass is 10.0. The first-order valence-corrected chi connectivity index (χ1v) is 13.6. The van der Waals surface area contributed by atoms with E-state index in [1.807, 2.05) is 62.9 Å². The van der Waals surface area contributed by atoms with Crippen molar-refractivity contribution in [1.82, 2.24) is 15.3 Å². The molecule has 0 aliphatic carbocycles. The number of aromatic carboxylic acids is 1. The molecule has 4 rings (SSSR count). The number of benzene rings is 2. The van der Waals surface area contributed by atoms with Gasteiger partial charge in [-0.2, -0.15) is 0 Å². The van der Waals surface area contributed by atoms with E-state index in [9.17, 15) is 15.0 Å². The van der Waals surface area contributed by atoms with Gasteiger partial charge in [0.1, 0.15) is 6.23 Å². The number of halogens is 1. The van der Waals surface area contributed by atoms with Gasteiger partial charge in [-0.05, 0) is 47.9 Å². The SMILES string of the molecule is CC.CC.CCCCCC1CN(Cc2cccc(C(=O)O)c2)C(O)C2=CC(c3ccc(Cl)cc3)NN21. The molecule has 0 aromatic heterocycles. The van der Waals surface area contributed by atoms with Gasteiger partial charge in [-0.15, -0.1) is 0 Å². The highest BCUT2D eigenvalue weighted by molar-refractivity contribution is 6.30. The molecule has 2 aliphatic heterocycles. The number of piperazine rings is 1. The van der Waals surface area contributed by atoms with Crippen molar-refractivity contribution >= 4 is 17.6 Å². The lowest BCUT2D eigenvalue weighted by Gasteiger charge is -2.45. The number of carboxylic acid groups (broad SMARTS) is 1. The van der Waals surface area contributed by atoms with Crippen LogP contribution in [0.4, 0.5) is 0 Å².